The summed E-state index contributed by atoms with van der Waals surface area (Å²) < 4.78 is 11.6. The highest BCUT2D eigenvalue weighted by Crippen LogP contribution is 2.34. The molecule has 0 radical (unpaired) electrons. The molecular weight excluding hydrogens is 392 g/mol. The van der Waals surface area contributed by atoms with E-state index in [1.54, 1.807) is 0 Å². The molecule has 0 saturated carbocycles. The summed E-state index contributed by atoms with van der Waals surface area (Å²) in [5.74, 6) is 0.717. The monoisotopic (exact) mass is 423 g/mol. The Morgan fingerprint density at radius 2 is 2.13 bits per heavy atom. The number of nitrogens with one attached hydrogen (secondary N) is 1. The molecule has 2 aromatic heterocycles. The van der Waals surface area contributed by atoms with Crippen LogP contribution >= 0.6 is 0 Å². The van der Waals surface area contributed by atoms with Crippen molar-refractivity contribution < 1.29 is 18.9 Å². The van der Waals surface area contributed by atoms with E-state index in [4.69, 9.17) is 4.74 Å². The topological polar surface area (TPSA) is 69.1 Å². The lowest BCUT2D eigenvalue weighted by molar-refractivity contribution is -0.732. The summed E-state index contributed by atoms with van der Waals surface area (Å²) in [6.07, 6.45) is 5.61. The van der Waals surface area contributed by atoms with Gasteiger partial charge < -0.3 is 14.6 Å². The average Bonchev–Trinajstić information content (AvgIpc) is 3.26. The molecule has 1 aliphatic carbocycles. The second-order valence-electron chi connectivity index (χ2n) is 8.52. The zero-order chi connectivity index (χ0) is 22.1. The van der Waals surface area contributed by atoms with Gasteiger partial charge in [-0.1, -0.05) is 25.1 Å². The van der Waals surface area contributed by atoms with E-state index < -0.39 is 0 Å². The van der Waals surface area contributed by atoms with Gasteiger partial charge in [-0.05, 0) is 26.0 Å². The summed E-state index contributed by atoms with van der Waals surface area (Å²) in [6.45, 7) is 5.23. The third-order valence-electron chi connectivity index (χ3n) is 6.51. The maximum atomic E-state index is 13.4. The van der Waals surface area contributed by atoms with Gasteiger partial charge in [-0.2, -0.15) is 4.57 Å². The summed E-state index contributed by atoms with van der Waals surface area (Å²) >= 11 is 0. The molecule has 0 aliphatic heterocycles. The predicted molar refractivity (Wildman–Crippen MR) is 118 cm³/mol. The first-order valence-electron chi connectivity index (χ1n) is 10.9. The number of Topliss-reactive ketones (excluding diaryl/α,β-unsaturated/α-hetero) is 1. The molecule has 1 N–H and O–H groups in total. The van der Waals surface area contributed by atoms with E-state index in [-0.39, 0.29) is 30.3 Å². The van der Waals surface area contributed by atoms with Crippen LogP contribution in [0, 0.1) is 18.8 Å². The fourth-order valence-corrected chi connectivity index (χ4v) is 4.61. The number of benzene rings is 1. The van der Waals surface area contributed by atoms with Crippen molar-refractivity contribution in [3.8, 4) is 0 Å². The van der Waals surface area contributed by atoms with Crippen LogP contribution < -0.4 is 9.88 Å². The first kappa shape index (κ1) is 21.3. The number of nitrogens with zero attached hydrogens (tertiary/aromatic N) is 3. The lowest BCUT2D eigenvalue weighted by Gasteiger charge is -2.21. The van der Waals surface area contributed by atoms with Crippen molar-refractivity contribution in [1.29, 1.82) is 0 Å². The highest BCUT2D eigenvalue weighted by Gasteiger charge is 2.34. The molecule has 0 amide bonds. The van der Waals surface area contributed by atoms with Crippen LogP contribution in [0.4, 0.5) is 0 Å². The van der Waals surface area contributed by atoms with Crippen molar-refractivity contribution in [2.45, 2.75) is 40.0 Å². The predicted octanol–water partition coefficient (Wildman–Crippen LogP) is 2.38. The van der Waals surface area contributed by atoms with Crippen molar-refractivity contribution in [2.24, 2.45) is 18.9 Å². The molecule has 1 aromatic carbocycles. The minimum Gasteiger partial charge on any atom is -0.424 e. The average molecular weight is 424 g/mol. The maximum Gasteiger partial charge on any atom is 0.313 e. The molecule has 0 fully saturated rings. The van der Waals surface area contributed by atoms with E-state index in [0.29, 0.717) is 13.1 Å². The van der Waals surface area contributed by atoms with Gasteiger partial charge in [0.25, 0.3) is 5.82 Å². The van der Waals surface area contributed by atoms with Crippen molar-refractivity contribution in [3.05, 3.63) is 53.7 Å². The number of para-hydroxylation sites is 1. The number of ketones is 1. The molecular formula is C24H31N4O3+. The lowest BCUT2D eigenvalue weighted by atomic mass is 9.85. The zero-order valence-corrected chi connectivity index (χ0v) is 18.7. The van der Waals surface area contributed by atoms with Crippen LogP contribution in [-0.4, -0.2) is 34.5 Å². The van der Waals surface area contributed by atoms with Crippen molar-refractivity contribution >= 4 is 22.7 Å². The largest absolute Gasteiger partial charge is 0.424 e. The van der Waals surface area contributed by atoms with Gasteiger partial charge in [0.2, 0.25) is 6.73 Å². The molecule has 31 heavy (non-hydrogen) atoms. The molecule has 1 aliphatic rings. The van der Waals surface area contributed by atoms with Gasteiger partial charge in [-0.3, -0.25) is 9.59 Å². The van der Waals surface area contributed by atoms with Gasteiger partial charge in [0.1, 0.15) is 18.9 Å². The van der Waals surface area contributed by atoms with Crippen LogP contribution in [-0.2, 0) is 36.3 Å². The van der Waals surface area contributed by atoms with E-state index in [0.717, 1.165) is 40.8 Å². The summed E-state index contributed by atoms with van der Waals surface area (Å²) in [5, 5.41) is 4.04. The number of fused-ring (bicyclic) bond motifs is 3. The van der Waals surface area contributed by atoms with Gasteiger partial charge >= 0.3 is 5.97 Å². The quantitative estimate of drug-likeness (QED) is 0.468. The third-order valence-corrected chi connectivity index (χ3v) is 6.51. The molecule has 2 heterocycles. The molecule has 0 saturated heterocycles. The summed E-state index contributed by atoms with van der Waals surface area (Å²) in [7, 11) is 3.86. The number of carbonyl (C=O) groups is 2. The minimum absolute atomic E-state index is 0.0592. The van der Waals surface area contributed by atoms with E-state index in [1.165, 1.54) is 0 Å². The number of imidazole rings is 1. The Morgan fingerprint density at radius 3 is 2.90 bits per heavy atom. The highest BCUT2D eigenvalue weighted by atomic mass is 16.5. The molecule has 7 nitrogen and oxygen atoms in total. The Labute approximate surface area is 182 Å². The smallest absolute Gasteiger partial charge is 0.313 e. The Morgan fingerprint density at radius 1 is 1.35 bits per heavy atom. The third kappa shape index (κ3) is 3.90. The Kier molecular flexibility index (Phi) is 5.96. The Hall–Kier alpha value is -2.93. The van der Waals surface area contributed by atoms with Crippen LogP contribution in [0.25, 0.3) is 10.9 Å². The number of esters is 1. The second kappa shape index (κ2) is 8.67. The van der Waals surface area contributed by atoms with Crippen LogP contribution in [0.5, 0.6) is 0 Å². The number of carbonyl (C=O) groups excluding carboxylic acids is 2. The van der Waals surface area contributed by atoms with Gasteiger partial charge in [0, 0.05) is 42.7 Å². The fraction of sp³-hybridized carbons (Fsp3) is 0.458. The molecule has 3 aromatic rings. The number of ether oxygens (including phenoxy) is 1. The van der Waals surface area contributed by atoms with Crippen molar-refractivity contribution in [1.82, 2.24) is 14.5 Å². The van der Waals surface area contributed by atoms with Gasteiger partial charge in [0.05, 0.1) is 11.8 Å². The number of aromatic nitrogens is 3. The fourth-order valence-electron chi connectivity index (χ4n) is 4.61. The number of aryl methyl sites for hydroxylation is 1. The molecule has 2 atom stereocenters. The normalized spacial score (nSPS) is 17.0. The van der Waals surface area contributed by atoms with Crippen molar-refractivity contribution in [3.63, 3.8) is 0 Å². The Bertz CT molecular complexity index is 1130. The molecule has 2 unspecified atom stereocenters. The summed E-state index contributed by atoms with van der Waals surface area (Å²) in [4.78, 5) is 25.5. The standard InChI is InChI=1S/C24H31N4O3/c1-16(13-25-3)24(30)31-15-28-12-11-27(17(28)2)14-18-9-10-21-22(23(18)29)19-7-5-6-8-20(19)26(21)4/h5-8,11-12,16,18,25H,9-10,13-15H2,1-4H3/q+1. The maximum absolute atomic E-state index is 13.4. The number of rotatable bonds is 7. The van der Waals surface area contributed by atoms with E-state index in [9.17, 15) is 9.59 Å². The minimum atomic E-state index is -0.222. The van der Waals surface area contributed by atoms with Gasteiger partial charge in [-0.25, -0.2) is 4.57 Å². The second-order valence-corrected chi connectivity index (χ2v) is 8.52. The van der Waals surface area contributed by atoms with Crippen LogP contribution in [0.15, 0.2) is 36.7 Å². The van der Waals surface area contributed by atoms with Crippen LogP contribution in [0.1, 0.15) is 35.2 Å². The van der Waals surface area contributed by atoms with Crippen LogP contribution in [0.3, 0.4) is 0 Å². The summed E-state index contributed by atoms with van der Waals surface area (Å²) in [5.41, 5.74) is 3.15. The van der Waals surface area contributed by atoms with Gasteiger partial charge in [-0.15, -0.1) is 0 Å². The molecule has 4 rings (SSSR count). The Balaban J connectivity index is 1.48. The molecule has 164 valence electrons. The van der Waals surface area contributed by atoms with Gasteiger partial charge in [0.15, 0.2) is 5.78 Å². The first-order chi connectivity index (χ1) is 14.9. The number of hydrogen-bond donors (Lipinski definition) is 1. The lowest BCUT2D eigenvalue weighted by Crippen LogP contribution is -2.39. The first-order valence-corrected chi connectivity index (χ1v) is 10.9. The molecule has 0 bridgehead atoms. The van der Waals surface area contributed by atoms with E-state index in [1.807, 2.05) is 63.1 Å². The SMILES string of the molecule is CNCC(C)C(=O)OC[n+]1ccn(CC2CCc3c(c4ccccc4n3C)C2=O)c1C. The number of hydrogen-bond acceptors (Lipinski definition) is 4. The van der Waals surface area contributed by atoms with E-state index >= 15 is 0 Å². The van der Waals surface area contributed by atoms with E-state index in [2.05, 4.69) is 20.5 Å². The molecule has 7 heteroatoms. The summed E-state index contributed by atoms with van der Waals surface area (Å²) in [6, 6.07) is 8.14. The molecule has 0 spiro atoms. The zero-order valence-electron chi connectivity index (χ0n) is 18.7. The van der Waals surface area contributed by atoms with Crippen LogP contribution in [0.2, 0.25) is 0 Å². The highest BCUT2D eigenvalue weighted by molar-refractivity contribution is 6.11. The van der Waals surface area contributed by atoms with Crippen molar-refractivity contribution in [2.75, 3.05) is 13.6 Å².